The molecule has 38 heavy (non-hydrogen) atoms. The van der Waals surface area contributed by atoms with Gasteiger partial charge in [0, 0.05) is 74.4 Å². The van der Waals surface area contributed by atoms with Crippen LogP contribution in [0.25, 0.3) is 33.2 Å². The van der Waals surface area contributed by atoms with Gasteiger partial charge in [0.05, 0.1) is 11.8 Å². The molecule has 0 unspecified atom stereocenters. The molecule has 2 saturated heterocycles. The van der Waals surface area contributed by atoms with Gasteiger partial charge >= 0.3 is 0 Å². The first-order valence-corrected chi connectivity index (χ1v) is 12.9. The van der Waals surface area contributed by atoms with Crippen LogP contribution in [0, 0.1) is 0 Å². The molecule has 0 bridgehead atoms. The number of anilines is 1. The monoisotopic (exact) mass is 510 g/mol. The van der Waals surface area contributed by atoms with Crippen LogP contribution in [0.15, 0.2) is 55.1 Å². The van der Waals surface area contributed by atoms with E-state index in [-0.39, 0.29) is 18.4 Å². The zero-order valence-corrected chi connectivity index (χ0v) is 21.4. The molecule has 3 aromatic heterocycles. The maximum atomic E-state index is 12.8. The van der Waals surface area contributed by atoms with E-state index < -0.39 is 0 Å². The third-order valence-corrected chi connectivity index (χ3v) is 7.46. The summed E-state index contributed by atoms with van der Waals surface area (Å²) in [5, 5.41) is 5.21. The number of fused-ring (bicyclic) bond motifs is 1. The quantitative estimate of drug-likeness (QED) is 0.438. The van der Waals surface area contributed by atoms with Crippen molar-refractivity contribution in [1.82, 2.24) is 34.4 Å². The van der Waals surface area contributed by atoms with Gasteiger partial charge in [0.25, 0.3) is 5.91 Å². The Bertz CT molecular complexity index is 1500. The molecule has 6 rings (SSSR count). The maximum Gasteiger partial charge on any atom is 0.255 e. The predicted molar refractivity (Wildman–Crippen MR) is 145 cm³/mol. The van der Waals surface area contributed by atoms with Crippen LogP contribution in [0.5, 0.6) is 0 Å². The molecular weight excluding hydrogens is 480 g/mol. The number of likely N-dealkylation sites (tertiary alicyclic amines) is 1. The van der Waals surface area contributed by atoms with E-state index in [1.807, 2.05) is 46.3 Å². The van der Waals surface area contributed by atoms with E-state index in [0.717, 1.165) is 73.3 Å². The first-order chi connectivity index (χ1) is 18.5. The van der Waals surface area contributed by atoms with Crippen LogP contribution in [0.1, 0.15) is 16.8 Å². The molecule has 194 valence electrons. The molecule has 4 aromatic rings. The second-order valence-corrected chi connectivity index (χ2v) is 10.0. The third-order valence-electron chi connectivity index (χ3n) is 7.46. The summed E-state index contributed by atoms with van der Waals surface area (Å²) in [6.07, 6.45) is 8.03. The number of nitrogens with two attached hydrogens (primary N) is 1. The number of likely N-dealkylation sites (N-methyl/N-ethyl adjacent to an activating group) is 1. The number of rotatable bonds is 5. The molecular formula is C28H30N8O2. The summed E-state index contributed by atoms with van der Waals surface area (Å²) in [5.41, 5.74) is 11.0. The smallest absolute Gasteiger partial charge is 0.255 e. The van der Waals surface area contributed by atoms with E-state index in [0.29, 0.717) is 16.9 Å². The van der Waals surface area contributed by atoms with E-state index in [1.165, 1.54) is 0 Å². The average Bonchev–Trinajstić information content (AvgIpc) is 3.36. The van der Waals surface area contributed by atoms with Crippen molar-refractivity contribution in [1.29, 1.82) is 0 Å². The SMILES string of the molecule is CN1CCN(C(=O)Cn2cc(-c3ccc(-c4cnc(N)c5ncc(C(=O)N6CCC6)cc45)cc3)cn2)CC1. The number of benzene rings is 1. The van der Waals surface area contributed by atoms with E-state index in [4.69, 9.17) is 5.73 Å². The Morgan fingerprint density at radius 3 is 2.32 bits per heavy atom. The molecule has 10 heteroatoms. The summed E-state index contributed by atoms with van der Waals surface area (Å²) in [5.74, 6) is 0.415. The van der Waals surface area contributed by atoms with Crippen molar-refractivity contribution in [2.75, 3.05) is 52.0 Å². The van der Waals surface area contributed by atoms with Gasteiger partial charge in [0.15, 0.2) is 0 Å². The molecule has 0 radical (unpaired) electrons. The largest absolute Gasteiger partial charge is 0.382 e. The molecule has 2 aliphatic rings. The minimum atomic E-state index is -0.00884. The number of carbonyl (C=O) groups excluding carboxylic acids is 2. The van der Waals surface area contributed by atoms with Crippen LogP contribution < -0.4 is 5.73 Å². The zero-order chi connectivity index (χ0) is 26.2. The molecule has 10 nitrogen and oxygen atoms in total. The fraction of sp³-hybridized carbons (Fsp3) is 0.321. The lowest BCUT2D eigenvalue weighted by molar-refractivity contribution is -0.133. The summed E-state index contributed by atoms with van der Waals surface area (Å²) >= 11 is 0. The summed E-state index contributed by atoms with van der Waals surface area (Å²) < 4.78 is 1.70. The Morgan fingerprint density at radius 2 is 1.61 bits per heavy atom. The highest BCUT2D eigenvalue weighted by Crippen LogP contribution is 2.32. The number of nitrogens with zero attached hydrogens (tertiary/aromatic N) is 7. The van der Waals surface area contributed by atoms with Gasteiger partial charge in [0.2, 0.25) is 5.91 Å². The third kappa shape index (κ3) is 4.58. The van der Waals surface area contributed by atoms with Crippen LogP contribution in [0.2, 0.25) is 0 Å². The van der Waals surface area contributed by atoms with Crippen molar-refractivity contribution in [3.05, 3.63) is 60.7 Å². The molecule has 1 aromatic carbocycles. The molecule has 0 atom stereocenters. The normalized spacial score (nSPS) is 16.0. The van der Waals surface area contributed by atoms with E-state index in [2.05, 4.69) is 27.0 Å². The molecule has 0 spiro atoms. The fourth-order valence-electron chi connectivity index (χ4n) is 4.92. The molecule has 2 aliphatic heterocycles. The molecule has 0 aliphatic carbocycles. The van der Waals surface area contributed by atoms with Crippen LogP contribution in [0.3, 0.4) is 0 Å². The molecule has 2 amide bonds. The standard InChI is InChI=1S/C28H30N8O2/c1-33-9-11-34(12-10-33)25(37)18-36-17-22(15-32-36)19-3-5-20(6-4-19)24-16-31-27(29)26-23(24)13-21(14-30-26)28(38)35-7-2-8-35/h3-6,13-17H,2,7-12,18H2,1H3,(H2,29,31). The molecule has 2 N–H and O–H groups in total. The van der Waals surface area contributed by atoms with Gasteiger partial charge in [-0.25, -0.2) is 4.98 Å². The van der Waals surface area contributed by atoms with Gasteiger partial charge in [-0.15, -0.1) is 0 Å². The van der Waals surface area contributed by atoms with Crippen molar-refractivity contribution in [2.24, 2.45) is 0 Å². The molecule has 5 heterocycles. The van der Waals surface area contributed by atoms with Crippen molar-refractivity contribution in [3.63, 3.8) is 0 Å². The number of hydrogen-bond donors (Lipinski definition) is 1. The minimum absolute atomic E-state index is 0.00884. The highest BCUT2D eigenvalue weighted by molar-refractivity contribution is 6.04. The summed E-state index contributed by atoms with van der Waals surface area (Å²) in [4.78, 5) is 40.2. The maximum absolute atomic E-state index is 12.8. The van der Waals surface area contributed by atoms with Gasteiger partial charge in [0.1, 0.15) is 17.9 Å². The topological polar surface area (TPSA) is 113 Å². The first kappa shape index (κ1) is 24.1. The Kier molecular flexibility index (Phi) is 6.24. The van der Waals surface area contributed by atoms with E-state index in [1.54, 1.807) is 23.3 Å². The second-order valence-electron chi connectivity index (χ2n) is 10.0. The Labute approximate surface area is 220 Å². The van der Waals surface area contributed by atoms with Gasteiger partial charge in [-0.2, -0.15) is 5.10 Å². The van der Waals surface area contributed by atoms with E-state index >= 15 is 0 Å². The highest BCUT2D eigenvalue weighted by Gasteiger charge is 2.23. The fourth-order valence-corrected chi connectivity index (χ4v) is 4.92. The average molecular weight is 511 g/mol. The summed E-state index contributed by atoms with van der Waals surface area (Å²) in [7, 11) is 2.07. The number of nitrogen functional groups attached to an aromatic ring is 1. The number of piperazine rings is 1. The Hall–Kier alpha value is -4.31. The van der Waals surface area contributed by atoms with Crippen molar-refractivity contribution < 1.29 is 9.59 Å². The number of hydrogen-bond acceptors (Lipinski definition) is 7. The van der Waals surface area contributed by atoms with Crippen LogP contribution in [-0.2, 0) is 11.3 Å². The number of carbonyl (C=O) groups is 2. The molecule has 2 fully saturated rings. The number of aromatic nitrogens is 4. The lowest BCUT2D eigenvalue weighted by Gasteiger charge is -2.32. The number of pyridine rings is 2. The van der Waals surface area contributed by atoms with E-state index in [9.17, 15) is 9.59 Å². The summed E-state index contributed by atoms with van der Waals surface area (Å²) in [6, 6.07) is 9.93. The summed E-state index contributed by atoms with van der Waals surface area (Å²) in [6.45, 7) is 5.09. The first-order valence-electron chi connectivity index (χ1n) is 12.9. The van der Waals surface area contributed by atoms with Gasteiger partial charge in [-0.05, 0) is 30.7 Å². The van der Waals surface area contributed by atoms with Crippen LogP contribution in [0.4, 0.5) is 5.82 Å². The Morgan fingerprint density at radius 1 is 0.868 bits per heavy atom. The highest BCUT2D eigenvalue weighted by atomic mass is 16.2. The van der Waals surface area contributed by atoms with Crippen molar-refractivity contribution in [3.8, 4) is 22.3 Å². The zero-order valence-electron chi connectivity index (χ0n) is 21.4. The lowest BCUT2D eigenvalue weighted by atomic mass is 9.99. The van der Waals surface area contributed by atoms with Gasteiger partial charge < -0.3 is 20.4 Å². The molecule has 0 saturated carbocycles. The Balaban J connectivity index is 1.22. The predicted octanol–water partition coefficient (Wildman–Crippen LogP) is 2.36. The van der Waals surface area contributed by atoms with Crippen LogP contribution >= 0.6 is 0 Å². The van der Waals surface area contributed by atoms with Crippen molar-refractivity contribution >= 4 is 28.5 Å². The van der Waals surface area contributed by atoms with Crippen LogP contribution in [-0.4, -0.2) is 92.6 Å². The minimum Gasteiger partial charge on any atom is -0.382 e. The van der Waals surface area contributed by atoms with Crippen molar-refractivity contribution in [2.45, 2.75) is 13.0 Å². The number of amides is 2. The van der Waals surface area contributed by atoms with Gasteiger partial charge in [-0.3, -0.25) is 19.3 Å². The van der Waals surface area contributed by atoms with Gasteiger partial charge in [-0.1, -0.05) is 24.3 Å². The second kappa shape index (κ2) is 9.86. The lowest BCUT2D eigenvalue weighted by Crippen LogP contribution is -2.48.